The van der Waals surface area contributed by atoms with Gasteiger partial charge in [0.25, 0.3) is 0 Å². The van der Waals surface area contributed by atoms with Gasteiger partial charge in [0.15, 0.2) is 6.20 Å². The molecular formula is C17H14NO+. The molecule has 0 spiro atoms. The number of pyridine rings is 1. The van der Waals surface area contributed by atoms with Crippen LogP contribution in [0.1, 0.15) is 10.4 Å². The maximum Gasteiger partial charge on any atom is 0.227 e. The maximum atomic E-state index is 12.2. The van der Waals surface area contributed by atoms with Gasteiger partial charge in [-0.1, -0.05) is 42.5 Å². The maximum absolute atomic E-state index is 12.2. The van der Waals surface area contributed by atoms with E-state index in [0.717, 1.165) is 16.5 Å². The van der Waals surface area contributed by atoms with E-state index in [-0.39, 0.29) is 5.78 Å². The van der Waals surface area contributed by atoms with Gasteiger partial charge in [0.2, 0.25) is 17.8 Å². The molecule has 1 heterocycles. The summed E-state index contributed by atoms with van der Waals surface area (Å²) in [7, 11) is 0. The van der Waals surface area contributed by atoms with Gasteiger partial charge in [-0.2, -0.15) is 4.57 Å². The fourth-order valence-electron chi connectivity index (χ4n) is 2.23. The van der Waals surface area contributed by atoms with Crippen LogP contribution in [0.4, 0.5) is 0 Å². The largest absolute Gasteiger partial charge is 0.287 e. The molecule has 3 rings (SSSR count). The molecule has 3 aromatic rings. The molecule has 0 saturated heterocycles. The molecule has 0 saturated carbocycles. The lowest BCUT2D eigenvalue weighted by Gasteiger charge is -2.01. The summed E-state index contributed by atoms with van der Waals surface area (Å²) in [5, 5.41) is 1.14. The van der Waals surface area contributed by atoms with Crippen molar-refractivity contribution in [2.75, 3.05) is 0 Å². The normalized spacial score (nSPS) is 10.5. The number of ketones is 1. The number of fused-ring (bicyclic) bond motifs is 1. The average Bonchev–Trinajstić information content (AvgIpc) is 2.48. The Labute approximate surface area is 111 Å². The zero-order valence-corrected chi connectivity index (χ0v) is 10.5. The molecule has 0 fully saturated rings. The van der Waals surface area contributed by atoms with E-state index in [1.165, 1.54) is 0 Å². The van der Waals surface area contributed by atoms with E-state index in [9.17, 15) is 4.79 Å². The van der Waals surface area contributed by atoms with Gasteiger partial charge in [0.1, 0.15) is 0 Å². The van der Waals surface area contributed by atoms with Gasteiger partial charge in [0.05, 0.1) is 0 Å². The number of rotatable bonds is 3. The third-order valence-corrected chi connectivity index (χ3v) is 3.20. The second kappa shape index (κ2) is 5.02. The van der Waals surface area contributed by atoms with Crippen LogP contribution in [-0.2, 0) is 6.54 Å². The molecule has 2 aromatic carbocycles. The smallest absolute Gasteiger partial charge is 0.227 e. The summed E-state index contributed by atoms with van der Waals surface area (Å²) in [5.74, 6) is 0.127. The lowest BCUT2D eigenvalue weighted by Crippen LogP contribution is -2.38. The summed E-state index contributed by atoms with van der Waals surface area (Å²) in [5.41, 5.74) is 1.83. The zero-order valence-electron chi connectivity index (χ0n) is 10.5. The van der Waals surface area contributed by atoms with Crippen molar-refractivity contribution in [3.8, 4) is 0 Å². The van der Waals surface area contributed by atoms with Crippen LogP contribution < -0.4 is 4.57 Å². The van der Waals surface area contributed by atoms with Crippen LogP contribution in [0.5, 0.6) is 0 Å². The topological polar surface area (TPSA) is 20.9 Å². The SMILES string of the molecule is O=C(C[n+]1cccc2ccccc21)c1ccccc1. The first-order chi connectivity index (χ1) is 9.34. The predicted octanol–water partition coefficient (Wildman–Crippen LogP) is 3.01. The molecule has 0 amide bonds. The van der Waals surface area contributed by atoms with Crippen molar-refractivity contribution in [1.29, 1.82) is 0 Å². The molecule has 92 valence electrons. The van der Waals surface area contributed by atoms with Crippen LogP contribution in [-0.4, -0.2) is 5.78 Å². The van der Waals surface area contributed by atoms with Crippen molar-refractivity contribution in [2.24, 2.45) is 0 Å². The van der Waals surface area contributed by atoms with E-state index < -0.39 is 0 Å². The number of hydrogen-bond acceptors (Lipinski definition) is 1. The first-order valence-corrected chi connectivity index (χ1v) is 6.30. The number of nitrogens with zero attached hydrogens (tertiary/aromatic N) is 1. The minimum Gasteiger partial charge on any atom is -0.287 e. The number of Topliss-reactive ketones (excluding diaryl/α,β-unsaturated/α-hetero) is 1. The third kappa shape index (κ3) is 2.38. The summed E-state index contributed by atoms with van der Waals surface area (Å²) in [6, 6.07) is 21.5. The molecule has 2 nitrogen and oxygen atoms in total. The van der Waals surface area contributed by atoms with E-state index >= 15 is 0 Å². The number of hydrogen-bond donors (Lipinski definition) is 0. The van der Waals surface area contributed by atoms with Gasteiger partial charge in [-0.15, -0.1) is 0 Å². The standard InChI is InChI=1S/C17H14NO/c19-17(15-8-2-1-3-9-15)13-18-12-6-10-14-7-4-5-11-16(14)18/h1-12H,13H2/q+1. The first kappa shape index (κ1) is 11.6. The summed E-state index contributed by atoms with van der Waals surface area (Å²) in [6.45, 7) is 0.366. The Morgan fingerprint density at radius 3 is 2.37 bits per heavy atom. The second-order valence-corrected chi connectivity index (χ2v) is 4.48. The van der Waals surface area contributed by atoms with Crippen molar-refractivity contribution >= 4 is 16.7 Å². The van der Waals surface area contributed by atoms with Gasteiger partial charge >= 0.3 is 0 Å². The Hall–Kier alpha value is -2.48. The van der Waals surface area contributed by atoms with Gasteiger partial charge in [0, 0.05) is 23.1 Å². The molecule has 0 N–H and O–H groups in total. The highest BCUT2D eigenvalue weighted by Crippen LogP contribution is 2.08. The lowest BCUT2D eigenvalue weighted by atomic mass is 10.1. The summed E-state index contributed by atoms with van der Waals surface area (Å²) < 4.78 is 1.99. The fourth-order valence-corrected chi connectivity index (χ4v) is 2.23. The van der Waals surface area contributed by atoms with E-state index in [1.54, 1.807) is 0 Å². The molecule has 0 atom stereocenters. The minimum absolute atomic E-state index is 0.127. The van der Waals surface area contributed by atoms with E-state index in [1.807, 2.05) is 65.4 Å². The molecule has 1 aromatic heterocycles. The molecule has 19 heavy (non-hydrogen) atoms. The summed E-state index contributed by atoms with van der Waals surface area (Å²) in [4.78, 5) is 12.2. The van der Waals surface area contributed by atoms with Crippen molar-refractivity contribution in [3.63, 3.8) is 0 Å². The lowest BCUT2D eigenvalue weighted by molar-refractivity contribution is -0.657. The van der Waals surface area contributed by atoms with E-state index in [2.05, 4.69) is 12.1 Å². The van der Waals surface area contributed by atoms with Crippen LogP contribution in [0.25, 0.3) is 10.9 Å². The molecule has 0 aliphatic carbocycles. The fraction of sp³-hybridized carbons (Fsp3) is 0.0588. The van der Waals surface area contributed by atoms with Crippen molar-refractivity contribution in [2.45, 2.75) is 6.54 Å². The van der Waals surface area contributed by atoms with Crippen LogP contribution in [0.15, 0.2) is 72.9 Å². The zero-order chi connectivity index (χ0) is 13.1. The first-order valence-electron chi connectivity index (χ1n) is 6.30. The summed E-state index contributed by atoms with van der Waals surface area (Å²) in [6.07, 6.45) is 1.95. The van der Waals surface area contributed by atoms with Gasteiger partial charge in [-0.05, 0) is 12.1 Å². The molecule has 0 radical (unpaired) electrons. The highest BCUT2D eigenvalue weighted by Gasteiger charge is 2.14. The Bertz CT molecular complexity index is 714. The quantitative estimate of drug-likeness (QED) is 0.515. The van der Waals surface area contributed by atoms with Gasteiger partial charge in [-0.25, -0.2) is 0 Å². The van der Waals surface area contributed by atoms with Gasteiger partial charge in [-0.3, -0.25) is 4.79 Å². The Morgan fingerprint density at radius 1 is 0.842 bits per heavy atom. The Balaban J connectivity index is 1.96. The van der Waals surface area contributed by atoms with Crippen LogP contribution in [0.3, 0.4) is 0 Å². The molecule has 0 aliphatic heterocycles. The van der Waals surface area contributed by atoms with E-state index in [4.69, 9.17) is 0 Å². The van der Waals surface area contributed by atoms with E-state index in [0.29, 0.717) is 6.54 Å². The number of carbonyl (C=O) groups excluding carboxylic acids is 1. The van der Waals surface area contributed by atoms with Crippen molar-refractivity contribution in [1.82, 2.24) is 0 Å². The third-order valence-electron chi connectivity index (χ3n) is 3.20. The molecule has 0 unspecified atom stereocenters. The minimum atomic E-state index is 0.127. The number of benzene rings is 2. The van der Waals surface area contributed by atoms with Crippen LogP contribution >= 0.6 is 0 Å². The predicted molar refractivity (Wildman–Crippen MR) is 74.9 cm³/mol. The second-order valence-electron chi connectivity index (χ2n) is 4.48. The monoisotopic (exact) mass is 248 g/mol. The Kier molecular flexibility index (Phi) is 3.07. The molecule has 2 heteroatoms. The highest BCUT2D eigenvalue weighted by atomic mass is 16.1. The highest BCUT2D eigenvalue weighted by molar-refractivity contribution is 5.95. The van der Waals surface area contributed by atoms with Crippen molar-refractivity contribution < 1.29 is 9.36 Å². The number of aromatic nitrogens is 1. The number of carbonyl (C=O) groups is 1. The number of para-hydroxylation sites is 1. The average molecular weight is 248 g/mol. The Morgan fingerprint density at radius 2 is 1.53 bits per heavy atom. The van der Waals surface area contributed by atoms with Crippen molar-refractivity contribution in [3.05, 3.63) is 78.5 Å². The molecule has 0 bridgehead atoms. The molecular weight excluding hydrogens is 234 g/mol. The molecule has 0 aliphatic rings. The summed E-state index contributed by atoms with van der Waals surface area (Å²) >= 11 is 0. The van der Waals surface area contributed by atoms with Gasteiger partial charge < -0.3 is 0 Å². The van der Waals surface area contributed by atoms with Crippen LogP contribution in [0.2, 0.25) is 0 Å². The van der Waals surface area contributed by atoms with Crippen LogP contribution in [0, 0.1) is 0 Å².